The summed E-state index contributed by atoms with van der Waals surface area (Å²) in [6.07, 6.45) is 5.01. The van der Waals surface area contributed by atoms with Crippen molar-refractivity contribution in [3.63, 3.8) is 0 Å². The van der Waals surface area contributed by atoms with E-state index in [2.05, 4.69) is 36.3 Å². The van der Waals surface area contributed by atoms with Gasteiger partial charge in [0.2, 0.25) is 0 Å². The van der Waals surface area contributed by atoms with Gasteiger partial charge in [-0.25, -0.2) is 0 Å². The summed E-state index contributed by atoms with van der Waals surface area (Å²) in [4.78, 5) is 0. The van der Waals surface area contributed by atoms with Crippen molar-refractivity contribution in [3.8, 4) is 0 Å². The molecule has 0 aliphatic rings. The first-order valence-electron chi connectivity index (χ1n) is 4.95. The Morgan fingerprint density at radius 3 is 2.85 bits per heavy atom. The SMILES string of the molecule is CCC(C)C(C)NCc1cn[nH]c1. The van der Waals surface area contributed by atoms with E-state index in [9.17, 15) is 0 Å². The molecule has 2 N–H and O–H groups in total. The number of nitrogens with one attached hydrogen (secondary N) is 2. The molecule has 3 nitrogen and oxygen atoms in total. The van der Waals surface area contributed by atoms with Crippen molar-refractivity contribution in [1.29, 1.82) is 0 Å². The first-order chi connectivity index (χ1) is 6.24. The molecule has 0 aliphatic carbocycles. The maximum atomic E-state index is 3.90. The summed E-state index contributed by atoms with van der Waals surface area (Å²) in [5.41, 5.74) is 1.22. The van der Waals surface area contributed by atoms with Crippen LogP contribution in [0.5, 0.6) is 0 Å². The topological polar surface area (TPSA) is 40.7 Å². The number of nitrogens with zero attached hydrogens (tertiary/aromatic N) is 1. The molecule has 0 aliphatic heterocycles. The Balaban J connectivity index is 2.26. The average molecular weight is 181 g/mol. The lowest BCUT2D eigenvalue weighted by Gasteiger charge is -2.19. The lowest BCUT2D eigenvalue weighted by molar-refractivity contribution is 0.389. The normalized spacial score (nSPS) is 15.6. The predicted molar refractivity (Wildman–Crippen MR) is 54.3 cm³/mol. The summed E-state index contributed by atoms with van der Waals surface area (Å²) in [5, 5.41) is 10.2. The Morgan fingerprint density at radius 1 is 1.54 bits per heavy atom. The summed E-state index contributed by atoms with van der Waals surface area (Å²) in [6.45, 7) is 7.63. The number of aromatic nitrogens is 2. The van der Waals surface area contributed by atoms with Gasteiger partial charge >= 0.3 is 0 Å². The fourth-order valence-electron chi connectivity index (χ4n) is 1.21. The van der Waals surface area contributed by atoms with Gasteiger partial charge in [-0.2, -0.15) is 5.10 Å². The van der Waals surface area contributed by atoms with Gasteiger partial charge in [-0.15, -0.1) is 0 Å². The third-order valence-electron chi connectivity index (χ3n) is 2.68. The van der Waals surface area contributed by atoms with E-state index in [1.165, 1.54) is 12.0 Å². The quantitative estimate of drug-likeness (QED) is 0.728. The molecule has 0 radical (unpaired) electrons. The van der Waals surface area contributed by atoms with Gasteiger partial charge in [-0.3, -0.25) is 5.10 Å². The zero-order valence-electron chi connectivity index (χ0n) is 8.67. The van der Waals surface area contributed by atoms with Gasteiger partial charge in [0.1, 0.15) is 0 Å². The minimum atomic E-state index is 0.569. The maximum absolute atomic E-state index is 3.90. The van der Waals surface area contributed by atoms with Crippen molar-refractivity contribution in [2.24, 2.45) is 5.92 Å². The van der Waals surface area contributed by atoms with Crippen LogP contribution in [-0.2, 0) is 6.54 Å². The largest absolute Gasteiger partial charge is 0.310 e. The molecule has 0 bridgehead atoms. The molecule has 3 heteroatoms. The Kier molecular flexibility index (Phi) is 3.96. The predicted octanol–water partition coefficient (Wildman–Crippen LogP) is 1.93. The van der Waals surface area contributed by atoms with E-state index < -0.39 is 0 Å². The molecule has 0 saturated heterocycles. The Labute approximate surface area is 79.9 Å². The smallest absolute Gasteiger partial charge is 0.0532 e. The van der Waals surface area contributed by atoms with E-state index in [-0.39, 0.29) is 0 Å². The van der Waals surface area contributed by atoms with Crippen molar-refractivity contribution in [2.75, 3.05) is 0 Å². The third kappa shape index (κ3) is 3.19. The molecule has 0 saturated carbocycles. The van der Waals surface area contributed by atoms with E-state index in [0.717, 1.165) is 12.5 Å². The van der Waals surface area contributed by atoms with Crippen LogP contribution in [0, 0.1) is 5.92 Å². The number of hydrogen-bond donors (Lipinski definition) is 2. The zero-order valence-corrected chi connectivity index (χ0v) is 8.67. The standard InChI is InChI=1S/C10H19N3/c1-4-8(2)9(3)11-5-10-6-12-13-7-10/h6-9,11H,4-5H2,1-3H3,(H,12,13). The second kappa shape index (κ2) is 5.02. The Bertz CT molecular complexity index is 218. The molecule has 1 heterocycles. The number of hydrogen-bond acceptors (Lipinski definition) is 2. The van der Waals surface area contributed by atoms with Crippen LogP contribution in [0.4, 0.5) is 0 Å². The summed E-state index contributed by atoms with van der Waals surface area (Å²) in [5.74, 6) is 0.729. The Morgan fingerprint density at radius 2 is 2.31 bits per heavy atom. The highest BCUT2D eigenvalue weighted by molar-refractivity contribution is 5.01. The highest BCUT2D eigenvalue weighted by Crippen LogP contribution is 2.07. The summed E-state index contributed by atoms with van der Waals surface area (Å²) in [7, 11) is 0. The van der Waals surface area contributed by atoms with Gasteiger partial charge in [0, 0.05) is 24.3 Å². The number of aromatic amines is 1. The van der Waals surface area contributed by atoms with Crippen LogP contribution >= 0.6 is 0 Å². The molecule has 0 amide bonds. The van der Waals surface area contributed by atoms with Crippen molar-refractivity contribution in [1.82, 2.24) is 15.5 Å². The van der Waals surface area contributed by atoms with Crippen molar-refractivity contribution in [2.45, 2.75) is 39.8 Å². The van der Waals surface area contributed by atoms with Gasteiger partial charge in [0.25, 0.3) is 0 Å². The van der Waals surface area contributed by atoms with Gasteiger partial charge in [-0.1, -0.05) is 20.3 Å². The first kappa shape index (κ1) is 10.3. The van der Waals surface area contributed by atoms with Crippen LogP contribution in [0.25, 0.3) is 0 Å². The van der Waals surface area contributed by atoms with Gasteiger partial charge in [-0.05, 0) is 12.8 Å². The summed E-state index contributed by atoms with van der Waals surface area (Å²) >= 11 is 0. The third-order valence-corrected chi connectivity index (χ3v) is 2.68. The van der Waals surface area contributed by atoms with E-state index in [1.54, 1.807) is 0 Å². The molecule has 0 spiro atoms. The second-order valence-corrected chi connectivity index (χ2v) is 3.66. The summed E-state index contributed by atoms with van der Waals surface area (Å²) < 4.78 is 0. The van der Waals surface area contributed by atoms with E-state index in [0.29, 0.717) is 6.04 Å². The molecular formula is C10H19N3. The molecule has 2 atom stereocenters. The maximum Gasteiger partial charge on any atom is 0.0532 e. The number of rotatable bonds is 5. The fraction of sp³-hybridized carbons (Fsp3) is 0.700. The molecule has 0 fully saturated rings. The lowest BCUT2D eigenvalue weighted by atomic mass is 10.0. The van der Waals surface area contributed by atoms with E-state index in [4.69, 9.17) is 0 Å². The molecule has 2 unspecified atom stereocenters. The molecule has 1 rings (SSSR count). The summed E-state index contributed by atoms with van der Waals surface area (Å²) in [6, 6.07) is 0.569. The lowest BCUT2D eigenvalue weighted by Crippen LogP contribution is -2.31. The highest BCUT2D eigenvalue weighted by atomic mass is 15.1. The molecule has 13 heavy (non-hydrogen) atoms. The van der Waals surface area contributed by atoms with E-state index >= 15 is 0 Å². The average Bonchev–Trinajstić information content (AvgIpc) is 2.65. The molecular weight excluding hydrogens is 162 g/mol. The van der Waals surface area contributed by atoms with Crippen LogP contribution in [0.2, 0.25) is 0 Å². The van der Waals surface area contributed by atoms with Crippen molar-refractivity contribution < 1.29 is 0 Å². The molecule has 1 aromatic rings. The minimum absolute atomic E-state index is 0.569. The molecule has 1 aromatic heterocycles. The van der Waals surface area contributed by atoms with Gasteiger partial charge < -0.3 is 5.32 Å². The minimum Gasteiger partial charge on any atom is -0.310 e. The van der Waals surface area contributed by atoms with Gasteiger partial charge in [0.05, 0.1) is 6.20 Å². The molecule has 0 aromatic carbocycles. The van der Waals surface area contributed by atoms with Crippen molar-refractivity contribution >= 4 is 0 Å². The zero-order chi connectivity index (χ0) is 9.68. The van der Waals surface area contributed by atoms with Crippen LogP contribution < -0.4 is 5.32 Å². The van der Waals surface area contributed by atoms with Crippen molar-refractivity contribution in [3.05, 3.63) is 18.0 Å². The monoisotopic (exact) mass is 181 g/mol. The van der Waals surface area contributed by atoms with Crippen LogP contribution in [0.3, 0.4) is 0 Å². The first-order valence-corrected chi connectivity index (χ1v) is 4.95. The second-order valence-electron chi connectivity index (χ2n) is 3.66. The van der Waals surface area contributed by atoms with Crippen LogP contribution in [0.1, 0.15) is 32.8 Å². The van der Waals surface area contributed by atoms with Gasteiger partial charge in [0.15, 0.2) is 0 Å². The molecule has 74 valence electrons. The Hall–Kier alpha value is -0.830. The highest BCUT2D eigenvalue weighted by Gasteiger charge is 2.08. The van der Waals surface area contributed by atoms with Crippen LogP contribution in [-0.4, -0.2) is 16.2 Å². The number of H-pyrrole nitrogens is 1. The van der Waals surface area contributed by atoms with Crippen LogP contribution in [0.15, 0.2) is 12.4 Å². The fourth-order valence-corrected chi connectivity index (χ4v) is 1.21. The van der Waals surface area contributed by atoms with E-state index in [1.807, 2.05) is 12.4 Å².